The van der Waals surface area contributed by atoms with Crippen LogP contribution in [0.25, 0.3) is 21.7 Å². The first kappa shape index (κ1) is 18.4. The molecule has 1 aliphatic rings. The van der Waals surface area contributed by atoms with Crippen LogP contribution in [0, 0.1) is 5.92 Å². The lowest BCUT2D eigenvalue weighted by molar-refractivity contribution is -0.133. The van der Waals surface area contributed by atoms with E-state index in [0.29, 0.717) is 22.2 Å². The summed E-state index contributed by atoms with van der Waals surface area (Å²) in [4.78, 5) is 26.8. The summed E-state index contributed by atoms with van der Waals surface area (Å²) in [6.45, 7) is 2.23. The molecule has 9 heteroatoms. The SMILES string of the molecule is C[C@H]1CCc2c(sc3c2c(=O)n(-c2ccccc2)c2nnc(SCC(=O)O)n32)C1. The summed E-state index contributed by atoms with van der Waals surface area (Å²) in [7, 11) is 0. The second-order valence-corrected chi connectivity index (χ2v) is 9.33. The van der Waals surface area contributed by atoms with E-state index in [0.717, 1.165) is 47.1 Å². The first-order chi connectivity index (χ1) is 14.0. The third-order valence-electron chi connectivity index (χ3n) is 5.27. The Morgan fingerprint density at radius 3 is 2.86 bits per heavy atom. The third kappa shape index (κ3) is 2.96. The number of aliphatic carboxylic acids is 1. The smallest absolute Gasteiger partial charge is 0.313 e. The largest absolute Gasteiger partial charge is 0.481 e. The molecule has 148 valence electrons. The van der Waals surface area contributed by atoms with Crippen LogP contribution in [0.1, 0.15) is 23.8 Å². The van der Waals surface area contributed by atoms with Gasteiger partial charge in [0.1, 0.15) is 4.83 Å². The lowest BCUT2D eigenvalue weighted by atomic mass is 9.89. The maximum Gasteiger partial charge on any atom is 0.313 e. The van der Waals surface area contributed by atoms with E-state index in [1.165, 1.54) is 4.88 Å². The molecular formula is C20H18N4O3S2. The number of aromatic nitrogens is 4. The molecular weight excluding hydrogens is 408 g/mol. The molecule has 1 N–H and O–H groups in total. The normalized spacial score (nSPS) is 16.4. The first-order valence-electron chi connectivity index (χ1n) is 9.39. The Morgan fingerprint density at radius 1 is 1.31 bits per heavy atom. The summed E-state index contributed by atoms with van der Waals surface area (Å²) in [5.41, 5.74) is 1.76. The van der Waals surface area contributed by atoms with E-state index in [1.54, 1.807) is 15.9 Å². The van der Waals surface area contributed by atoms with Crippen LogP contribution in [-0.2, 0) is 17.6 Å². The van der Waals surface area contributed by atoms with Gasteiger partial charge in [0.2, 0.25) is 5.78 Å². The molecule has 0 amide bonds. The maximum atomic E-state index is 13.6. The average Bonchev–Trinajstić information content (AvgIpc) is 3.28. The molecule has 1 aliphatic carbocycles. The zero-order chi connectivity index (χ0) is 20.1. The molecule has 0 unspecified atom stereocenters. The number of aryl methyl sites for hydroxylation is 1. The van der Waals surface area contributed by atoms with Gasteiger partial charge in [-0.25, -0.2) is 8.97 Å². The van der Waals surface area contributed by atoms with Crippen molar-refractivity contribution in [2.45, 2.75) is 31.3 Å². The maximum absolute atomic E-state index is 13.6. The Morgan fingerprint density at radius 2 is 2.10 bits per heavy atom. The van der Waals surface area contributed by atoms with Crippen LogP contribution in [0.2, 0.25) is 0 Å². The van der Waals surface area contributed by atoms with Gasteiger partial charge in [0.05, 0.1) is 16.8 Å². The fraction of sp³-hybridized carbons (Fsp3) is 0.300. The molecule has 1 atom stereocenters. The highest BCUT2D eigenvalue weighted by Crippen LogP contribution is 2.38. The molecule has 5 rings (SSSR count). The number of thioether (sulfide) groups is 1. The van der Waals surface area contributed by atoms with Crippen LogP contribution >= 0.6 is 23.1 Å². The molecule has 3 heterocycles. The number of rotatable bonds is 4. The minimum Gasteiger partial charge on any atom is -0.481 e. The number of carboxylic acid groups (broad SMARTS) is 1. The van der Waals surface area contributed by atoms with Crippen molar-refractivity contribution < 1.29 is 9.90 Å². The lowest BCUT2D eigenvalue weighted by Crippen LogP contribution is -2.22. The van der Waals surface area contributed by atoms with Gasteiger partial charge in [-0.1, -0.05) is 36.9 Å². The Hall–Kier alpha value is -2.65. The number of fused-ring (bicyclic) bond motifs is 5. The molecule has 0 bridgehead atoms. The molecule has 0 radical (unpaired) electrons. The Labute approximate surface area is 174 Å². The van der Waals surface area contributed by atoms with Crippen LogP contribution in [0.15, 0.2) is 40.3 Å². The van der Waals surface area contributed by atoms with Crippen molar-refractivity contribution in [3.05, 3.63) is 51.1 Å². The second-order valence-electron chi connectivity index (χ2n) is 7.31. The minimum atomic E-state index is -0.918. The van der Waals surface area contributed by atoms with Gasteiger partial charge in [-0.2, -0.15) is 0 Å². The zero-order valence-corrected chi connectivity index (χ0v) is 17.3. The van der Waals surface area contributed by atoms with Gasteiger partial charge in [-0.3, -0.25) is 9.59 Å². The fourth-order valence-corrected chi connectivity index (χ4v) is 6.14. The van der Waals surface area contributed by atoms with E-state index < -0.39 is 5.97 Å². The molecule has 3 aromatic heterocycles. The molecule has 0 saturated heterocycles. The number of para-hydroxylation sites is 1. The minimum absolute atomic E-state index is 0.0899. The quantitative estimate of drug-likeness (QED) is 0.503. The van der Waals surface area contributed by atoms with Crippen LogP contribution in [0.3, 0.4) is 0 Å². The van der Waals surface area contributed by atoms with E-state index in [-0.39, 0.29) is 11.3 Å². The van der Waals surface area contributed by atoms with Crippen molar-refractivity contribution in [2.75, 3.05) is 5.75 Å². The predicted octanol–water partition coefficient (Wildman–Crippen LogP) is 3.40. The summed E-state index contributed by atoms with van der Waals surface area (Å²) in [6, 6.07) is 9.39. The highest BCUT2D eigenvalue weighted by molar-refractivity contribution is 7.99. The molecule has 29 heavy (non-hydrogen) atoms. The molecule has 0 fully saturated rings. The topological polar surface area (TPSA) is 89.5 Å². The highest BCUT2D eigenvalue weighted by Gasteiger charge is 2.27. The number of nitrogens with zero attached hydrogens (tertiary/aromatic N) is 4. The van der Waals surface area contributed by atoms with Crippen molar-refractivity contribution in [1.29, 1.82) is 0 Å². The van der Waals surface area contributed by atoms with Crippen molar-refractivity contribution in [2.24, 2.45) is 5.92 Å². The predicted molar refractivity (Wildman–Crippen MR) is 114 cm³/mol. The van der Waals surface area contributed by atoms with Gasteiger partial charge in [0, 0.05) is 4.88 Å². The van der Waals surface area contributed by atoms with E-state index in [4.69, 9.17) is 5.11 Å². The lowest BCUT2D eigenvalue weighted by Gasteiger charge is -2.17. The fourth-order valence-electron chi connectivity index (χ4n) is 3.93. The monoisotopic (exact) mass is 426 g/mol. The van der Waals surface area contributed by atoms with Crippen molar-refractivity contribution >= 4 is 45.1 Å². The summed E-state index contributed by atoms with van der Waals surface area (Å²) in [5, 5.41) is 18.8. The summed E-state index contributed by atoms with van der Waals surface area (Å²) in [6.07, 6.45) is 2.90. The number of carbonyl (C=O) groups is 1. The van der Waals surface area contributed by atoms with E-state index in [1.807, 2.05) is 34.7 Å². The molecule has 7 nitrogen and oxygen atoms in total. The summed E-state index contributed by atoms with van der Waals surface area (Å²) in [5.74, 6) is -0.0365. The summed E-state index contributed by atoms with van der Waals surface area (Å²) < 4.78 is 3.44. The van der Waals surface area contributed by atoms with Gasteiger partial charge < -0.3 is 5.11 Å². The first-order valence-corrected chi connectivity index (χ1v) is 11.2. The third-order valence-corrected chi connectivity index (χ3v) is 7.42. The van der Waals surface area contributed by atoms with E-state index in [2.05, 4.69) is 17.1 Å². The van der Waals surface area contributed by atoms with Crippen LogP contribution in [0.4, 0.5) is 0 Å². The van der Waals surface area contributed by atoms with Crippen LogP contribution in [0.5, 0.6) is 0 Å². The molecule has 0 saturated carbocycles. The Bertz CT molecular complexity index is 1310. The van der Waals surface area contributed by atoms with E-state index in [9.17, 15) is 9.59 Å². The second kappa shape index (κ2) is 7.00. The molecule has 1 aromatic carbocycles. The standard InChI is InChI=1S/C20H18N4O3S2/c1-11-7-8-13-14(9-11)29-18-16(13)17(27)23(12-5-3-2-4-6-12)19-21-22-20(24(18)19)28-10-15(25)26/h2-6,11H,7-10H2,1H3,(H,25,26)/t11-/m0/s1. The van der Waals surface area contributed by atoms with Gasteiger partial charge in [-0.05, 0) is 42.9 Å². The Kier molecular flexibility index (Phi) is 4.44. The summed E-state index contributed by atoms with van der Waals surface area (Å²) >= 11 is 2.73. The van der Waals surface area contributed by atoms with Crippen molar-refractivity contribution in [1.82, 2.24) is 19.2 Å². The van der Waals surface area contributed by atoms with Crippen molar-refractivity contribution in [3.8, 4) is 5.69 Å². The Balaban J connectivity index is 1.88. The molecule has 0 spiro atoms. The van der Waals surface area contributed by atoms with Gasteiger partial charge in [0.25, 0.3) is 5.56 Å². The van der Waals surface area contributed by atoms with Crippen molar-refractivity contribution in [3.63, 3.8) is 0 Å². The van der Waals surface area contributed by atoms with Gasteiger partial charge in [0.15, 0.2) is 5.16 Å². The zero-order valence-electron chi connectivity index (χ0n) is 15.7. The van der Waals surface area contributed by atoms with Gasteiger partial charge >= 0.3 is 5.97 Å². The van der Waals surface area contributed by atoms with Crippen LogP contribution < -0.4 is 5.56 Å². The van der Waals surface area contributed by atoms with Gasteiger partial charge in [-0.15, -0.1) is 21.5 Å². The molecule has 4 aromatic rings. The average molecular weight is 427 g/mol. The van der Waals surface area contributed by atoms with Crippen LogP contribution in [-0.4, -0.2) is 36.0 Å². The number of benzene rings is 1. The number of carboxylic acids is 1. The number of hydrogen-bond donors (Lipinski definition) is 1. The number of hydrogen-bond acceptors (Lipinski definition) is 6. The highest BCUT2D eigenvalue weighted by atomic mass is 32.2. The van der Waals surface area contributed by atoms with E-state index >= 15 is 0 Å². The molecule has 0 aliphatic heterocycles. The number of thiophene rings is 1.